The van der Waals surface area contributed by atoms with Gasteiger partial charge in [0, 0.05) is 27.7 Å². The van der Waals surface area contributed by atoms with Crippen LogP contribution in [0.4, 0.5) is 5.69 Å². The van der Waals surface area contributed by atoms with Gasteiger partial charge in [-0.3, -0.25) is 4.79 Å². The summed E-state index contributed by atoms with van der Waals surface area (Å²) in [4.78, 5) is 13.0. The molecule has 0 radical (unpaired) electrons. The van der Waals surface area contributed by atoms with Crippen LogP contribution in [0.3, 0.4) is 0 Å². The number of halogens is 1. The van der Waals surface area contributed by atoms with Crippen LogP contribution in [-0.2, 0) is 4.79 Å². The normalized spacial score (nSPS) is 19.1. The summed E-state index contributed by atoms with van der Waals surface area (Å²) in [6.45, 7) is 0. The SMILES string of the molecule is O=C1CCCC2=C1c1c(ccc3ccccc13)N[C@@H]2c1ccccc1Br. The van der Waals surface area contributed by atoms with Gasteiger partial charge < -0.3 is 5.32 Å². The Bertz CT molecular complexity index is 1080. The van der Waals surface area contributed by atoms with Crippen LogP contribution in [0.15, 0.2) is 70.7 Å². The number of Topliss-reactive ketones (excluding diaryl/α,β-unsaturated/α-hetero) is 1. The predicted molar refractivity (Wildman–Crippen MR) is 110 cm³/mol. The minimum absolute atomic E-state index is 0.0403. The number of hydrogen-bond donors (Lipinski definition) is 1. The highest BCUT2D eigenvalue weighted by Gasteiger charge is 2.34. The number of anilines is 1. The summed E-state index contributed by atoms with van der Waals surface area (Å²) < 4.78 is 1.08. The average Bonchev–Trinajstić information content (AvgIpc) is 2.67. The molecule has 3 aromatic carbocycles. The summed E-state index contributed by atoms with van der Waals surface area (Å²) in [5.74, 6) is 0.280. The Labute approximate surface area is 161 Å². The van der Waals surface area contributed by atoms with Gasteiger partial charge in [0.1, 0.15) is 0 Å². The molecule has 0 unspecified atom stereocenters. The molecular formula is C23H18BrNO. The molecule has 0 fully saturated rings. The molecule has 0 bridgehead atoms. The van der Waals surface area contributed by atoms with Crippen molar-refractivity contribution >= 4 is 43.7 Å². The number of allylic oxidation sites excluding steroid dienone is 1. The van der Waals surface area contributed by atoms with Crippen LogP contribution in [-0.4, -0.2) is 5.78 Å². The number of carbonyl (C=O) groups is 1. The van der Waals surface area contributed by atoms with Gasteiger partial charge in [0.05, 0.1) is 6.04 Å². The van der Waals surface area contributed by atoms with Crippen LogP contribution in [0.1, 0.15) is 36.4 Å². The molecule has 3 heteroatoms. The molecule has 5 rings (SSSR count). The van der Waals surface area contributed by atoms with Gasteiger partial charge in [0.2, 0.25) is 0 Å². The highest BCUT2D eigenvalue weighted by molar-refractivity contribution is 9.10. The van der Waals surface area contributed by atoms with Gasteiger partial charge in [-0.25, -0.2) is 0 Å². The second kappa shape index (κ2) is 6.10. The van der Waals surface area contributed by atoms with Crippen molar-refractivity contribution in [2.45, 2.75) is 25.3 Å². The van der Waals surface area contributed by atoms with Crippen LogP contribution in [0, 0.1) is 0 Å². The van der Waals surface area contributed by atoms with Crippen molar-refractivity contribution in [2.75, 3.05) is 5.32 Å². The topological polar surface area (TPSA) is 29.1 Å². The van der Waals surface area contributed by atoms with Crippen molar-refractivity contribution in [3.63, 3.8) is 0 Å². The first-order chi connectivity index (χ1) is 12.7. The number of nitrogens with one attached hydrogen (secondary N) is 1. The lowest BCUT2D eigenvalue weighted by Crippen LogP contribution is -2.26. The Balaban J connectivity index is 1.81. The number of benzene rings is 3. The van der Waals surface area contributed by atoms with E-state index in [0.29, 0.717) is 6.42 Å². The lowest BCUT2D eigenvalue weighted by molar-refractivity contribution is -0.114. The first-order valence-corrected chi connectivity index (χ1v) is 9.82. The summed E-state index contributed by atoms with van der Waals surface area (Å²) in [6.07, 6.45) is 2.54. The zero-order chi connectivity index (χ0) is 17.7. The molecule has 1 heterocycles. The summed E-state index contributed by atoms with van der Waals surface area (Å²) in [6, 6.07) is 20.9. The van der Waals surface area contributed by atoms with E-state index in [9.17, 15) is 4.79 Å². The smallest absolute Gasteiger partial charge is 0.163 e. The molecule has 0 spiro atoms. The van der Waals surface area contributed by atoms with E-state index >= 15 is 0 Å². The molecule has 128 valence electrons. The number of carbonyl (C=O) groups excluding carboxylic acids is 1. The van der Waals surface area contributed by atoms with Crippen LogP contribution in [0.2, 0.25) is 0 Å². The van der Waals surface area contributed by atoms with E-state index in [2.05, 4.69) is 69.8 Å². The number of ketones is 1. The third-order valence-electron chi connectivity index (χ3n) is 5.49. The van der Waals surface area contributed by atoms with Crippen molar-refractivity contribution in [1.29, 1.82) is 0 Å². The standard InChI is InChI=1S/C23H18BrNO/c24-18-10-4-3-8-16(18)23-17-9-5-11-20(26)22(17)21-15-7-2-1-6-14(15)12-13-19(21)25-23/h1-4,6-8,10,12-13,23,25H,5,9,11H2/t23-/m1/s1. The Hall–Kier alpha value is -2.39. The zero-order valence-electron chi connectivity index (χ0n) is 14.3. The molecule has 1 atom stereocenters. The lowest BCUT2D eigenvalue weighted by atomic mass is 9.77. The van der Waals surface area contributed by atoms with Crippen molar-refractivity contribution in [1.82, 2.24) is 0 Å². The molecule has 0 saturated carbocycles. The average molecular weight is 404 g/mol. The van der Waals surface area contributed by atoms with Crippen molar-refractivity contribution in [3.05, 3.63) is 81.8 Å². The minimum atomic E-state index is 0.0403. The Morgan fingerprint density at radius 1 is 0.923 bits per heavy atom. The van der Waals surface area contributed by atoms with Crippen LogP contribution in [0.5, 0.6) is 0 Å². The van der Waals surface area contributed by atoms with Crippen molar-refractivity contribution in [2.24, 2.45) is 0 Å². The molecule has 0 amide bonds. The Morgan fingerprint density at radius 3 is 2.62 bits per heavy atom. The van der Waals surface area contributed by atoms with Gasteiger partial charge in [-0.15, -0.1) is 0 Å². The quantitative estimate of drug-likeness (QED) is 0.518. The molecule has 1 aliphatic heterocycles. The second-order valence-corrected chi connectivity index (χ2v) is 7.84. The van der Waals surface area contributed by atoms with E-state index in [1.54, 1.807) is 0 Å². The molecule has 2 aliphatic rings. The maximum absolute atomic E-state index is 13.0. The van der Waals surface area contributed by atoms with E-state index in [4.69, 9.17) is 0 Å². The Morgan fingerprint density at radius 2 is 1.73 bits per heavy atom. The van der Waals surface area contributed by atoms with Gasteiger partial charge >= 0.3 is 0 Å². The summed E-state index contributed by atoms with van der Waals surface area (Å²) in [5, 5.41) is 6.06. The fraction of sp³-hybridized carbons (Fsp3) is 0.174. The van der Waals surface area contributed by atoms with Gasteiger partial charge in [0.15, 0.2) is 5.78 Å². The zero-order valence-corrected chi connectivity index (χ0v) is 15.8. The molecule has 1 aliphatic carbocycles. The third-order valence-corrected chi connectivity index (χ3v) is 6.22. The van der Waals surface area contributed by atoms with Crippen LogP contribution >= 0.6 is 15.9 Å². The molecular weight excluding hydrogens is 386 g/mol. The number of rotatable bonds is 1. The van der Waals surface area contributed by atoms with Gasteiger partial charge in [0.25, 0.3) is 0 Å². The molecule has 26 heavy (non-hydrogen) atoms. The monoisotopic (exact) mass is 403 g/mol. The molecule has 1 N–H and O–H groups in total. The van der Waals surface area contributed by atoms with E-state index in [0.717, 1.165) is 39.5 Å². The molecule has 0 aromatic heterocycles. The Kier molecular flexibility index (Phi) is 3.71. The fourth-order valence-corrected chi connectivity index (χ4v) is 4.85. The summed E-state index contributed by atoms with van der Waals surface area (Å²) >= 11 is 3.70. The van der Waals surface area contributed by atoms with E-state index in [-0.39, 0.29) is 11.8 Å². The van der Waals surface area contributed by atoms with Gasteiger partial charge in [-0.05, 0) is 46.9 Å². The summed E-state index contributed by atoms with van der Waals surface area (Å²) in [7, 11) is 0. The van der Waals surface area contributed by atoms with Gasteiger partial charge in [-0.1, -0.05) is 64.5 Å². The van der Waals surface area contributed by atoms with Crippen LogP contribution < -0.4 is 5.32 Å². The van der Waals surface area contributed by atoms with Crippen LogP contribution in [0.25, 0.3) is 16.3 Å². The van der Waals surface area contributed by atoms with Gasteiger partial charge in [-0.2, -0.15) is 0 Å². The fourth-order valence-electron chi connectivity index (χ4n) is 4.34. The maximum atomic E-state index is 13.0. The third kappa shape index (κ3) is 2.34. The van der Waals surface area contributed by atoms with E-state index in [1.807, 2.05) is 12.1 Å². The summed E-state index contributed by atoms with van der Waals surface area (Å²) in [5.41, 5.74) is 5.51. The second-order valence-electron chi connectivity index (χ2n) is 6.99. The number of hydrogen-bond acceptors (Lipinski definition) is 2. The van der Waals surface area contributed by atoms with E-state index in [1.165, 1.54) is 16.5 Å². The van der Waals surface area contributed by atoms with E-state index < -0.39 is 0 Å². The molecule has 2 nitrogen and oxygen atoms in total. The van der Waals surface area contributed by atoms with Crippen molar-refractivity contribution in [3.8, 4) is 0 Å². The maximum Gasteiger partial charge on any atom is 0.163 e. The first kappa shape index (κ1) is 15.8. The first-order valence-electron chi connectivity index (χ1n) is 9.03. The largest absolute Gasteiger partial charge is 0.374 e. The predicted octanol–water partition coefficient (Wildman–Crippen LogP) is 6.28. The lowest BCUT2D eigenvalue weighted by Gasteiger charge is -2.35. The molecule has 3 aromatic rings. The minimum Gasteiger partial charge on any atom is -0.374 e. The highest BCUT2D eigenvalue weighted by atomic mass is 79.9. The number of fused-ring (bicyclic) bond motifs is 4. The van der Waals surface area contributed by atoms with Crippen molar-refractivity contribution < 1.29 is 4.79 Å². The molecule has 0 saturated heterocycles. The highest BCUT2D eigenvalue weighted by Crippen LogP contribution is 2.48.